The second kappa shape index (κ2) is 5.86. The number of carbonyl (C=O) groups excluding carboxylic acids is 1. The third-order valence-corrected chi connectivity index (χ3v) is 4.00. The monoisotopic (exact) mass is 304 g/mol. The van der Waals surface area contributed by atoms with Crippen LogP contribution in [0.25, 0.3) is 0 Å². The third-order valence-electron chi connectivity index (χ3n) is 4.00. The van der Waals surface area contributed by atoms with E-state index in [0.29, 0.717) is 24.3 Å². The molecule has 7 heteroatoms. The molecule has 4 N–H and O–H groups in total. The molecule has 0 unspecified atom stereocenters. The molecule has 1 aliphatic heterocycles. The zero-order valence-corrected chi connectivity index (χ0v) is 11.9. The molecule has 116 valence electrons. The van der Waals surface area contributed by atoms with E-state index < -0.39 is 0 Å². The third kappa shape index (κ3) is 2.60. The van der Waals surface area contributed by atoms with Crippen LogP contribution >= 0.6 is 0 Å². The highest BCUT2D eigenvalue weighted by Crippen LogP contribution is 2.28. The minimum absolute atomic E-state index is 0.0964. The van der Waals surface area contributed by atoms with E-state index in [0.717, 1.165) is 5.56 Å². The first kappa shape index (κ1) is 14.7. The van der Waals surface area contributed by atoms with Crippen LogP contribution in [0.5, 0.6) is 0 Å². The van der Waals surface area contributed by atoms with Crippen molar-refractivity contribution in [3.63, 3.8) is 0 Å². The fourth-order valence-corrected chi connectivity index (χ4v) is 2.84. The fourth-order valence-electron chi connectivity index (χ4n) is 2.84. The van der Waals surface area contributed by atoms with Crippen molar-refractivity contribution in [3.8, 4) is 0 Å². The van der Waals surface area contributed by atoms with Crippen molar-refractivity contribution in [2.75, 3.05) is 13.1 Å². The second-order valence-electron chi connectivity index (χ2n) is 5.41. The van der Waals surface area contributed by atoms with Gasteiger partial charge in [-0.3, -0.25) is 4.79 Å². The number of carbonyl (C=O) groups is 1. The number of nitrogens with zero attached hydrogens (tertiary/aromatic N) is 2. The molecule has 2 aromatic rings. The van der Waals surface area contributed by atoms with Gasteiger partial charge in [0.2, 0.25) is 0 Å². The lowest BCUT2D eigenvalue weighted by Crippen LogP contribution is -2.32. The summed E-state index contributed by atoms with van der Waals surface area (Å²) in [4.78, 5) is 14.1. The first-order valence-corrected chi connectivity index (χ1v) is 7.03. The van der Waals surface area contributed by atoms with E-state index in [9.17, 15) is 9.18 Å². The van der Waals surface area contributed by atoms with Crippen molar-refractivity contribution in [2.45, 2.75) is 18.5 Å². The van der Waals surface area contributed by atoms with E-state index in [1.54, 1.807) is 11.0 Å². The standard InChI is InChI=1S/C15H17FN4O2/c16-10-3-1-2-9(4-10)11-6-20(7-13(11)18)15(21)12-8-22-19-14(12)5-17/h1-4,8,11,13H,5-7,17-18H2/t11-,13+/m0/s1. The van der Waals surface area contributed by atoms with Gasteiger partial charge in [-0.25, -0.2) is 4.39 Å². The summed E-state index contributed by atoms with van der Waals surface area (Å²) in [5.74, 6) is -0.615. The molecule has 0 saturated carbocycles. The average molecular weight is 304 g/mol. The highest BCUT2D eigenvalue weighted by molar-refractivity contribution is 5.95. The molecular weight excluding hydrogens is 287 g/mol. The summed E-state index contributed by atoms with van der Waals surface area (Å²) in [6, 6.07) is 6.08. The Balaban J connectivity index is 1.80. The number of nitrogens with two attached hydrogens (primary N) is 2. The van der Waals surface area contributed by atoms with Gasteiger partial charge in [0, 0.05) is 31.6 Å². The molecule has 1 saturated heterocycles. The summed E-state index contributed by atoms with van der Waals surface area (Å²) < 4.78 is 18.2. The Hall–Kier alpha value is -2.25. The number of aromatic nitrogens is 1. The van der Waals surface area contributed by atoms with Gasteiger partial charge in [-0.1, -0.05) is 17.3 Å². The van der Waals surface area contributed by atoms with Gasteiger partial charge in [-0.05, 0) is 17.7 Å². The van der Waals surface area contributed by atoms with Crippen molar-refractivity contribution in [1.29, 1.82) is 0 Å². The van der Waals surface area contributed by atoms with Crippen molar-refractivity contribution in [2.24, 2.45) is 11.5 Å². The topological polar surface area (TPSA) is 98.4 Å². The Morgan fingerprint density at radius 3 is 3.00 bits per heavy atom. The number of hydrogen-bond acceptors (Lipinski definition) is 5. The maximum atomic E-state index is 13.4. The number of benzene rings is 1. The van der Waals surface area contributed by atoms with E-state index in [4.69, 9.17) is 16.0 Å². The number of likely N-dealkylation sites (tertiary alicyclic amines) is 1. The highest BCUT2D eigenvalue weighted by atomic mass is 19.1. The zero-order chi connectivity index (χ0) is 15.7. The smallest absolute Gasteiger partial charge is 0.259 e. The van der Waals surface area contributed by atoms with Crippen molar-refractivity contribution in [1.82, 2.24) is 10.1 Å². The minimum Gasteiger partial charge on any atom is -0.364 e. The summed E-state index contributed by atoms with van der Waals surface area (Å²) in [5, 5.41) is 3.71. The van der Waals surface area contributed by atoms with Crippen molar-refractivity contribution in [3.05, 3.63) is 53.2 Å². The molecule has 1 aliphatic rings. The van der Waals surface area contributed by atoms with Crippen LogP contribution in [0, 0.1) is 5.82 Å². The quantitative estimate of drug-likeness (QED) is 0.875. The van der Waals surface area contributed by atoms with E-state index in [1.807, 2.05) is 6.07 Å². The van der Waals surface area contributed by atoms with Crippen LogP contribution in [0.3, 0.4) is 0 Å². The van der Waals surface area contributed by atoms with Crippen molar-refractivity contribution < 1.29 is 13.7 Å². The minimum atomic E-state index is -0.307. The summed E-state index contributed by atoms with van der Waals surface area (Å²) in [6.45, 7) is 0.957. The lowest BCUT2D eigenvalue weighted by Gasteiger charge is -2.16. The number of hydrogen-bond donors (Lipinski definition) is 2. The van der Waals surface area contributed by atoms with E-state index in [2.05, 4.69) is 5.16 Å². The second-order valence-corrected chi connectivity index (χ2v) is 5.41. The van der Waals surface area contributed by atoms with Gasteiger partial charge in [0.1, 0.15) is 23.3 Å². The molecule has 6 nitrogen and oxygen atoms in total. The molecule has 1 aromatic heterocycles. The number of amides is 1. The maximum absolute atomic E-state index is 13.4. The highest BCUT2D eigenvalue weighted by Gasteiger charge is 2.35. The lowest BCUT2D eigenvalue weighted by atomic mass is 9.95. The van der Waals surface area contributed by atoms with Crippen LogP contribution in [0.15, 0.2) is 35.1 Å². The predicted octanol–water partition coefficient (Wildman–Crippen LogP) is 0.839. The summed E-state index contributed by atoms with van der Waals surface area (Å²) in [5.41, 5.74) is 13.2. The largest absolute Gasteiger partial charge is 0.364 e. The van der Waals surface area contributed by atoms with Gasteiger partial charge < -0.3 is 20.9 Å². The van der Waals surface area contributed by atoms with Gasteiger partial charge >= 0.3 is 0 Å². The Kier molecular flexibility index (Phi) is 3.91. The van der Waals surface area contributed by atoms with Gasteiger partial charge in [0.15, 0.2) is 0 Å². The molecule has 1 fully saturated rings. The zero-order valence-electron chi connectivity index (χ0n) is 11.9. The SMILES string of the molecule is NCc1nocc1C(=O)N1C[C@@H](N)[C@H](c2cccc(F)c2)C1. The molecule has 0 aliphatic carbocycles. The molecule has 1 amide bonds. The maximum Gasteiger partial charge on any atom is 0.259 e. The van der Waals surface area contributed by atoms with E-state index in [-0.39, 0.29) is 30.2 Å². The molecule has 3 rings (SSSR count). The van der Waals surface area contributed by atoms with Crippen LogP contribution in [-0.4, -0.2) is 35.1 Å². The van der Waals surface area contributed by atoms with Crippen LogP contribution in [0.2, 0.25) is 0 Å². The average Bonchev–Trinajstić information content (AvgIpc) is 3.12. The van der Waals surface area contributed by atoms with Gasteiger partial charge in [0.05, 0.1) is 0 Å². The lowest BCUT2D eigenvalue weighted by molar-refractivity contribution is 0.0787. The molecule has 2 heterocycles. The fraction of sp³-hybridized carbons (Fsp3) is 0.333. The molecule has 0 radical (unpaired) electrons. The first-order chi connectivity index (χ1) is 10.6. The molecule has 2 atom stereocenters. The summed E-state index contributed by atoms with van der Waals surface area (Å²) in [6.07, 6.45) is 1.30. The van der Waals surface area contributed by atoms with E-state index in [1.165, 1.54) is 18.4 Å². The number of halogens is 1. The predicted molar refractivity (Wildman–Crippen MR) is 77.4 cm³/mol. The first-order valence-electron chi connectivity index (χ1n) is 7.03. The van der Waals surface area contributed by atoms with Gasteiger partial charge in [-0.2, -0.15) is 0 Å². The normalized spacial score (nSPS) is 21.3. The molecule has 22 heavy (non-hydrogen) atoms. The van der Waals surface area contributed by atoms with Crippen molar-refractivity contribution >= 4 is 5.91 Å². The van der Waals surface area contributed by atoms with Gasteiger partial charge in [0.25, 0.3) is 5.91 Å². The Morgan fingerprint density at radius 2 is 2.27 bits per heavy atom. The molecule has 0 bridgehead atoms. The Labute approximate surface area is 126 Å². The summed E-state index contributed by atoms with van der Waals surface area (Å²) >= 11 is 0. The van der Waals surface area contributed by atoms with Gasteiger partial charge in [-0.15, -0.1) is 0 Å². The van der Waals surface area contributed by atoms with Crippen LogP contribution in [0.1, 0.15) is 27.5 Å². The molecule has 0 spiro atoms. The van der Waals surface area contributed by atoms with Crippen LogP contribution in [-0.2, 0) is 6.54 Å². The summed E-state index contributed by atoms with van der Waals surface area (Å²) in [7, 11) is 0. The Morgan fingerprint density at radius 1 is 1.45 bits per heavy atom. The van der Waals surface area contributed by atoms with Crippen LogP contribution in [0.4, 0.5) is 4.39 Å². The van der Waals surface area contributed by atoms with Crippen LogP contribution < -0.4 is 11.5 Å². The van der Waals surface area contributed by atoms with E-state index >= 15 is 0 Å². The number of rotatable bonds is 3. The Bertz CT molecular complexity index is 688. The molecular formula is C15H17FN4O2. The molecule has 1 aromatic carbocycles.